The Hall–Kier alpha value is -1.55. The molecule has 0 aliphatic rings. The van der Waals surface area contributed by atoms with E-state index >= 15 is 0 Å². The van der Waals surface area contributed by atoms with E-state index in [1.165, 1.54) is 0 Å². The minimum absolute atomic E-state index is 0.232. The van der Waals surface area contributed by atoms with Crippen LogP contribution in [0.4, 0.5) is 0 Å². The number of hydrogen-bond acceptors (Lipinski definition) is 3. The fraction of sp³-hybridized carbons (Fsp3) is 0.417. The highest BCUT2D eigenvalue weighted by Gasteiger charge is 2.11. The number of amides is 1. The molecule has 1 atom stereocenters. The number of ether oxygens (including phenoxy) is 1. The zero-order valence-electron chi connectivity index (χ0n) is 9.56. The fourth-order valence-corrected chi connectivity index (χ4v) is 1.27. The van der Waals surface area contributed by atoms with Crippen LogP contribution in [0.15, 0.2) is 24.3 Å². The number of hydrogen-bond donors (Lipinski definition) is 2. The van der Waals surface area contributed by atoms with E-state index in [4.69, 9.17) is 9.84 Å². The highest BCUT2D eigenvalue weighted by atomic mass is 16.5. The number of carbonyl (C=O) groups is 1. The van der Waals surface area contributed by atoms with Gasteiger partial charge >= 0.3 is 0 Å². The van der Waals surface area contributed by atoms with E-state index in [0.29, 0.717) is 17.9 Å². The van der Waals surface area contributed by atoms with Gasteiger partial charge in [-0.05, 0) is 26.0 Å². The molecule has 0 spiro atoms. The molecule has 1 aromatic rings. The first-order valence-electron chi connectivity index (χ1n) is 5.33. The van der Waals surface area contributed by atoms with Gasteiger partial charge in [-0.2, -0.15) is 0 Å². The van der Waals surface area contributed by atoms with Crippen LogP contribution in [0.1, 0.15) is 24.2 Å². The smallest absolute Gasteiger partial charge is 0.255 e. The molecule has 2 N–H and O–H groups in total. The van der Waals surface area contributed by atoms with Crippen LogP contribution in [0.25, 0.3) is 0 Å². The monoisotopic (exact) mass is 223 g/mol. The van der Waals surface area contributed by atoms with Gasteiger partial charge in [0.05, 0.1) is 18.3 Å². The largest absolute Gasteiger partial charge is 0.493 e. The molecular weight excluding hydrogens is 206 g/mol. The lowest BCUT2D eigenvalue weighted by Gasteiger charge is -2.11. The first kappa shape index (κ1) is 12.5. The number of rotatable bonds is 5. The Bertz CT molecular complexity index is 350. The van der Waals surface area contributed by atoms with Crippen LogP contribution >= 0.6 is 0 Å². The third-order valence-corrected chi connectivity index (χ3v) is 1.99. The zero-order valence-corrected chi connectivity index (χ0v) is 9.56. The molecule has 0 aliphatic carbocycles. The molecule has 0 bridgehead atoms. The van der Waals surface area contributed by atoms with Gasteiger partial charge in [-0.15, -0.1) is 0 Å². The van der Waals surface area contributed by atoms with Gasteiger partial charge in [-0.25, -0.2) is 0 Å². The van der Waals surface area contributed by atoms with Crippen LogP contribution < -0.4 is 10.1 Å². The van der Waals surface area contributed by atoms with Crippen molar-refractivity contribution in [2.75, 3.05) is 13.2 Å². The highest BCUT2D eigenvalue weighted by molar-refractivity contribution is 5.96. The average Bonchev–Trinajstić information content (AvgIpc) is 2.27. The quantitative estimate of drug-likeness (QED) is 0.788. The molecule has 1 unspecified atom stereocenters. The van der Waals surface area contributed by atoms with Gasteiger partial charge in [0.15, 0.2) is 0 Å². The number of carbonyl (C=O) groups excluding carboxylic acids is 1. The minimum Gasteiger partial charge on any atom is -0.493 e. The predicted molar refractivity (Wildman–Crippen MR) is 61.6 cm³/mol. The Morgan fingerprint density at radius 3 is 2.81 bits per heavy atom. The lowest BCUT2D eigenvalue weighted by Crippen LogP contribution is -2.30. The molecular formula is C12H17NO3. The van der Waals surface area contributed by atoms with Crippen LogP contribution in [0.2, 0.25) is 0 Å². The number of nitrogens with one attached hydrogen (secondary N) is 1. The standard InChI is InChI=1S/C12H17NO3/c1-3-16-11-7-5-4-6-10(11)12(15)13-8-9(2)14/h4-7,9,14H,3,8H2,1-2H3,(H,13,15). The van der Waals surface area contributed by atoms with Crippen molar-refractivity contribution >= 4 is 5.91 Å². The van der Waals surface area contributed by atoms with Gasteiger partial charge < -0.3 is 15.2 Å². The normalized spacial score (nSPS) is 11.9. The summed E-state index contributed by atoms with van der Waals surface area (Å²) in [5, 5.41) is 11.7. The molecule has 88 valence electrons. The molecule has 0 saturated carbocycles. The van der Waals surface area contributed by atoms with Crippen LogP contribution in [-0.2, 0) is 0 Å². The highest BCUT2D eigenvalue weighted by Crippen LogP contribution is 2.17. The molecule has 4 nitrogen and oxygen atoms in total. The third kappa shape index (κ3) is 3.55. The summed E-state index contributed by atoms with van der Waals surface area (Å²) in [4.78, 5) is 11.7. The van der Waals surface area contributed by atoms with E-state index in [-0.39, 0.29) is 12.5 Å². The first-order valence-corrected chi connectivity index (χ1v) is 5.33. The molecule has 1 rings (SSSR count). The van der Waals surface area contributed by atoms with Crippen LogP contribution in [-0.4, -0.2) is 30.3 Å². The SMILES string of the molecule is CCOc1ccccc1C(=O)NCC(C)O. The van der Waals surface area contributed by atoms with E-state index in [2.05, 4.69) is 5.32 Å². The summed E-state index contributed by atoms with van der Waals surface area (Å²) in [7, 11) is 0. The maximum absolute atomic E-state index is 11.7. The summed E-state index contributed by atoms with van der Waals surface area (Å²) < 4.78 is 5.34. The average molecular weight is 223 g/mol. The molecule has 1 aromatic carbocycles. The Labute approximate surface area is 95.2 Å². The minimum atomic E-state index is -0.553. The van der Waals surface area contributed by atoms with Crippen LogP contribution in [0.5, 0.6) is 5.75 Å². The number of aliphatic hydroxyl groups excluding tert-OH is 1. The predicted octanol–water partition coefficient (Wildman–Crippen LogP) is 1.20. The Balaban J connectivity index is 2.73. The van der Waals surface area contributed by atoms with Crippen molar-refractivity contribution in [3.05, 3.63) is 29.8 Å². The second-order valence-electron chi connectivity index (χ2n) is 3.49. The van der Waals surface area contributed by atoms with Crippen molar-refractivity contribution in [3.63, 3.8) is 0 Å². The summed E-state index contributed by atoms with van der Waals surface area (Å²) in [6.45, 7) is 4.24. The topological polar surface area (TPSA) is 58.6 Å². The Morgan fingerprint density at radius 1 is 1.50 bits per heavy atom. The number of benzene rings is 1. The zero-order chi connectivity index (χ0) is 12.0. The molecule has 0 radical (unpaired) electrons. The van der Waals surface area contributed by atoms with Gasteiger partial charge in [-0.3, -0.25) is 4.79 Å². The van der Waals surface area contributed by atoms with Crippen molar-refractivity contribution in [2.45, 2.75) is 20.0 Å². The van der Waals surface area contributed by atoms with Crippen molar-refractivity contribution < 1.29 is 14.6 Å². The third-order valence-electron chi connectivity index (χ3n) is 1.99. The van der Waals surface area contributed by atoms with Crippen molar-refractivity contribution in [1.82, 2.24) is 5.32 Å². The van der Waals surface area contributed by atoms with E-state index in [9.17, 15) is 4.79 Å². The summed E-state index contributed by atoms with van der Waals surface area (Å²) in [5.41, 5.74) is 0.491. The number of aliphatic hydroxyl groups is 1. The second kappa shape index (κ2) is 6.12. The van der Waals surface area contributed by atoms with Crippen LogP contribution in [0.3, 0.4) is 0 Å². The molecule has 4 heteroatoms. The molecule has 0 aliphatic heterocycles. The Kier molecular flexibility index (Phi) is 4.79. The van der Waals surface area contributed by atoms with Gasteiger partial charge in [-0.1, -0.05) is 12.1 Å². The molecule has 0 fully saturated rings. The number of para-hydroxylation sites is 1. The van der Waals surface area contributed by atoms with Gasteiger partial charge in [0, 0.05) is 6.54 Å². The first-order chi connectivity index (χ1) is 7.65. The van der Waals surface area contributed by atoms with E-state index in [0.717, 1.165) is 0 Å². The molecule has 1 amide bonds. The van der Waals surface area contributed by atoms with E-state index in [1.54, 1.807) is 25.1 Å². The van der Waals surface area contributed by atoms with E-state index < -0.39 is 6.10 Å². The van der Waals surface area contributed by atoms with Crippen molar-refractivity contribution in [1.29, 1.82) is 0 Å². The second-order valence-corrected chi connectivity index (χ2v) is 3.49. The summed E-state index contributed by atoms with van der Waals surface area (Å²) in [6.07, 6.45) is -0.553. The maximum Gasteiger partial charge on any atom is 0.255 e. The summed E-state index contributed by atoms with van der Waals surface area (Å²) in [6, 6.07) is 7.04. The maximum atomic E-state index is 11.7. The van der Waals surface area contributed by atoms with Crippen molar-refractivity contribution in [3.8, 4) is 5.75 Å². The molecule has 0 aromatic heterocycles. The summed E-state index contributed by atoms with van der Waals surface area (Å²) >= 11 is 0. The van der Waals surface area contributed by atoms with Gasteiger partial charge in [0.1, 0.15) is 5.75 Å². The van der Waals surface area contributed by atoms with E-state index in [1.807, 2.05) is 13.0 Å². The summed E-state index contributed by atoms with van der Waals surface area (Å²) in [5.74, 6) is 0.332. The van der Waals surface area contributed by atoms with Gasteiger partial charge in [0.25, 0.3) is 5.91 Å². The Morgan fingerprint density at radius 2 is 2.19 bits per heavy atom. The molecule has 16 heavy (non-hydrogen) atoms. The van der Waals surface area contributed by atoms with Gasteiger partial charge in [0.2, 0.25) is 0 Å². The lowest BCUT2D eigenvalue weighted by atomic mass is 10.2. The molecule has 0 saturated heterocycles. The fourth-order valence-electron chi connectivity index (χ4n) is 1.27. The van der Waals surface area contributed by atoms with Crippen molar-refractivity contribution in [2.24, 2.45) is 0 Å². The molecule has 0 heterocycles. The lowest BCUT2D eigenvalue weighted by molar-refractivity contribution is 0.0920. The van der Waals surface area contributed by atoms with Crippen LogP contribution in [0, 0.1) is 0 Å².